The first-order chi connectivity index (χ1) is 9.72. The van der Waals surface area contributed by atoms with Crippen LogP contribution in [0.15, 0.2) is 42.5 Å². The average Bonchev–Trinajstić information content (AvgIpc) is 2.47. The number of carbonyl (C=O) groups is 1. The smallest absolute Gasteiger partial charge is 0.150 e. The maximum Gasteiger partial charge on any atom is 0.150 e. The monoisotopic (exact) mass is 266 g/mol. The van der Waals surface area contributed by atoms with Crippen LogP contribution in [0, 0.1) is 6.92 Å². The first-order valence-electron chi connectivity index (χ1n) is 7.35. The normalized spacial score (nSPS) is 10.5. The van der Waals surface area contributed by atoms with Crippen molar-refractivity contribution in [1.82, 2.24) is 0 Å². The van der Waals surface area contributed by atoms with Crippen LogP contribution in [0.5, 0.6) is 0 Å². The number of hydrogen-bond donors (Lipinski definition) is 0. The Morgan fingerprint density at radius 1 is 0.900 bits per heavy atom. The number of carbonyl (C=O) groups excluding carboxylic acids is 1. The van der Waals surface area contributed by atoms with Crippen molar-refractivity contribution in [3.8, 4) is 0 Å². The van der Waals surface area contributed by atoms with E-state index in [4.69, 9.17) is 0 Å². The van der Waals surface area contributed by atoms with Gasteiger partial charge in [-0.1, -0.05) is 55.3 Å². The van der Waals surface area contributed by atoms with E-state index in [2.05, 4.69) is 43.3 Å². The molecule has 0 aliphatic heterocycles. The van der Waals surface area contributed by atoms with Gasteiger partial charge in [0.25, 0.3) is 0 Å². The molecule has 0 N–H and O–H groups in total. The van der Waals surface area contributed by atoms with E-state index >= 15 is 0 Å². The molecule has 0 amide bonds. The zero-order valence-corrected chi connectivity index (χ0v) is 12.4. The second kappa shape index (κ2) is 7.04. The summed E-state index contributed by atoms with van der Waals surface area (Å²) in [7, 11) is 0. The van der Waals surface area contributed by atoms with Gasteiger partial charge in [0.15, 0.2) is 0 Å². The molecule has 2 aromatic carbocycles. The Balaban J connectivity index is 2.03. The summed E-state index contributed by atoms with van der Waals surface area (Å²) in [6.45, 7) is 4.22. The topological polar surface area (TPSA) is 17.1 Å². The summed E-state index contributed by atoms with van der Waals surface area (Å²) in [5.74, 6) is 0. The van der Waals surface area contributed by atoms with E-state index in [1.807, 2.05) is 13.0 Å². The molecule has 2 aromatic rings. The summed E-state index contributed by atoms with van der Waals surface area (Å²) in [4.78, 5) is 11.1. The summed E-state index contributed by atoms with van der Waals surface area (Å²) in [5.41, 5.74) is 5.85. The van der Waals surface area contributed by atoms with Gasteiger partial charge in [0, 0.05) is 5.56 Å². The van der Waals surface area contributed by atoms with Gasteiger partial charge in [-0.25, -0.2) is 0 Å². The van der Waals surface area contributed by atoms with Crippen LogP contribution in [0.2, 0.25) is 0 Å². The lowest BCUT2D eigenvalue weighted by Crippen LogP contribution is -1.97. The molecular formula is C19H22O. The summed E-state index contributed by atoms with van der Waals surface area (Å²) < 4.78 is 0. The number of benzene rings is 2. The Bertz CT molecular complexity index is 567. The van der Waals surface area contributed by atoms with Gasteiger partial charge in [-0.3, -0.25) is 4.79 Å². The van der Waals surface area contributed by atoms with Crippen molar-refractivity contribution in [2.24, 2.45) is 0 Å². The first-order valence-corrected chi connectivity index (χ1v) is 7.35. The molecule has 104 valence electrons. The molecule has 0 aliphatic rings. The van der Waals surface area contributed by atoms with Gasteiger partial charge < -0.3 is 0 Å². The van der Waals surface area contributed by atoms with E-state index in [0.717, 1.165) is 42.2 Å². The Kier molecular flexibility index (Phi) is 5.11. The Labute approximate surface area is 121 Å². The standard InChI is InChI=1S/C19H22O/c1-3-4-16-6-8-17(9-7-16)10-12-18-11-5-15(2)13-19(18)14-20/h5-9,11,13-14H,3-4,10,12H2,1-2H3. The van der Waals surface area contributed by atoms with E-state index in [1.165, 1.54) is 17.5 Å². The largest absolute Gasteiger partial charge is 0.298 e. The molecule has 0 bridgehead atoms. The predicted octanol–water partition coefficient (Wildman–Crippen LogP) is 4.55. The minimum absolute atomic E-state index is 0.826. The molecule has 0 atom stereocenters. The van der Waals surface area contributed by atoms with Crippen LogP contribution in [-0.4, -0.2) is 6.29 Å². The molecule has 0 aliphatic carbocycles. The SMILES string of the molecule is CCCc1ccc(CCc2ccc(C)cc2C=O)cc1. The molecule has 0 saturated carbocycles. The number of aldehydes is 1. The molecule has 0 unspecified atom stereocenters. The molecule has 20 heavy (non-hydrogen) atoms. The third kappa shape index (κ3) is 3.80. The van der Waals surface area contributed by atoms with Crippen LogP contribution >= 0.6 is 0 Å². The van der Waals surface area contributed by atoms with Crippen molar-refractivity contribution in [1.29, 1.82) is 0 Å². The molecule has 0 heterocycles. The molecule has 0 spiro atoms. The fraction of sp³-hybridized carbons (Fsp3) is 0.316. The van der Waals surface area contributed by atoms with Crippen molar-refractivity contribution in [3.05, 3.63) is 70.3 Å². The maximum absolute atomic E-state index is 11.1. The second-order valence-corrected chi connectivity index (χ2v) is 5.39. The minimum Gasteiger partial charge on any atom is -0.298 e. The summed E-state index contributed by atoms with van der Waals surface area (Å²) >= 11 is 0. The molecule has 0 radical (unpaired) electrons. The van der Waals surface area contributed by atoms with Gasteiger partial charge >= 0.3 is 0 Å². The lowest BCUT2D eigenvalue weighted by atomic mass is 9.98. The molecule has 0 fully saturated rings. The first kappa shape index (κ1) is 14.5. The van der Waals surface area contributed by atoms with Crippen molar-refractivity contribution < 1.29 is 4.79 Å². The van der Waals surface area contributed by atoms with Crippen LogP contribution < -0.4 is 0 Å². The zero-order valence-electron chi connectivity index (χ0n) is 12.4. The Morgan fingerprint density at radius 3 is 2.15 bits per heavy atom. The van der Waals surface area contributed by atoms with Gasteiger partial charge in [-0.05, 0) is 48.9 Å². The zero-order chi connectivity index (χ0) is 14.4. The van der Waals surface area contributed by atoms with Crippen molar-refractivity contribution in [2.45, 2.75) is 39.5 Å². The number of hydrogen-bond acceptors (Lipinski definition) is 1. The highest BCUT2D eigenvalue weighted by Gasteiger charge is 2.03. The molecule has 2 rings (SSSR count). The van der Waals surface area contributed by atoms with Gasteiger partial charge in [0.2, 0.25) is 0 Å². The van der Waals surface area contributed by atoms with Gasteiger partial charge in [-0.15, -0.1) is 0 Å². The summed E-state index contributed by atoms with van der Waals surface area (Å²) in [5, 5.41) is 0. The summed E-state index contributed by atoms with van der Waals surface area (Å²) in [6, 6.07) is 15.0. The summed E-state index contributed by atoms with van der Waals surface area (Å²) in [6.07, 6.45) is 5.20. The molecular weight excluding hydrogens is 244 g/mol. The van der Waals surface area contributed by atoms with Gasteiger partial charge in [0.05, 0.1) is 0 Å². The van der Waals surface area contributed by atoms with Crippen molar-refractivity contribution in [3.63, 3.8) is 0 Å². The Morgan fingerprint density at radius 2 is 1.55 bits per heavy atom. The van der Waals surface area contributed by atoms with Crippen LogP contribution in [0.25, 0.3) is 0 Å². The fourth-order valence-corrected chi connectivity index (χ4v) is 2.49. The molecule has 1 heteroatoms. The quantitative estimate of drug-likeness (QED) is 0.701. The van der Waals surface area contributed by atoms with E-state index in [-0.39, 0.29) is 0 Å². The van der Waals surface area contributed by atoms with Crippen LogP contribution in [0.4, 0.5) is 0 Å². The Hall–Kier alpha value is -1.89. The molecule has 1 nitrogen and oxygen atoms in total. The van der Waals surface area contributed by atoms with E-state index in [0.29, 0.717) is 0 Å². The van der Waals surface area contributed by atoms with Crippen LogP contribution in [0.1, 0.15) is 46.0 Å². The van der Waals surface area contributed by atoms with Gasteiger partial charge in [-0.2, -0.15) is 0 Å². The average molecular weight is 266 g/mol. The highest BCUT2D eigenvalue weighted by Crippen LogP contribution is 2.14. The second-order valence-electron chi connectivity index (χ2n) is 5.39. The van der Waals surface area contributed by atoms with E-state index in [9.17, 15) is 4.79 Å². The van der Waals surface area contributed by atoms with E-state index < -0.39 is 0 Å². The molecule has 0 aromatic heterocycles. The van der Waals surface area contributed by atoms with Crippen LogP contribution in [0.3, 0.4) is 0 Å². The lowest BCUT2D eigenvalue weighted by Gasteiger charge is -2.07. The third-order valence-electron chi connectivity index (χ3n) is 3.67. The lowest BCUT2D eigenvalue weighted by molar-refractivity contribution is 0.112. The van der Waals surface area contributed by atoms with E-state index in [1.54, 1.807) is 0 Å². The van der Waals surface area contributed by atoms with Crippen LogP contribution in [-0.2, 0) is 19.3 Å². The minimum atomic E-state index is 0.826. The number of rotatable bonds is 6. The molecule has 0 saturated heterocycles. The van der Waals surface area contributed by atoms with Crippen molar-refractivity contribution >= 4 is 6.29 Å². The highest BCUT2D eigenvalue weighted by molar-refractivity contribution is 5.77. The van der Waals surface area contributed by atoms with Crippen molar-refractivity contribution in [2.75, 3.05) is 0 Å². The predicted molar refractivity (Wildman–Crippen MR) is 84.4 cm³/mol. The van der Waals surface area contributed by atoms with Gasteiger partial charge in [0.1, 0.15) is 6.29 Å². The maximum atomic E-state index is 11.1. The fourth-order valence-electron chi connectivity index (χ4n) is 2.49. The highest BCUT2D eigenvalue weighted by atomic mass is 16.1. The third-order valence-corrected chi connectivity index (χ3v) is 3.67. The number of aryl methyl sites for hydroxylation is 4.